The van der Waals surface area contributed by atoms with Gasteiger partial charge >= 0.3 is 0 Å². The number of nitrogens with two attached hydrogens (primary N) is 1. The van der Waals surface area contributed by atoms with E-state index in [9.17, 15) is 0 Å². The van der Waals surface area contributed by atoms with E-state index in [1.807, 2.05) is 32.9 Å². The normalized spacial score (nSPS) is 22.9. The molecule has 1 aliphatic carbocycles. The van der Waals surface area contributed by atoms with E-state index in [1.54, 1.807) is 0 Å². The van der Waals surface area contributed by atoms with E-state index >= 15 is 0 Å². The van der Waals surface area contributed by atoms with Crippen LogP contribution in [0.15, 0.2) is 12.1 Å². The van der Waals surface area contributed by atoms with Gasteiger partial charge in [0.1, 0.15) is 11.4 Å². The molecule has 2 rings (SSSR count). The zero-order valence-electron chi connectivity index (χ0n) is 13.8. The van der Waals surface area contributed by atoms with Crippen LogP contribution >= 0.6 is 0 Å². The van der Waals surface area contributed by atoms with E-state index in [-0.39, 0.29) is 5.60 Å². The summed E-state index contributed by atoms with van der Waals surface area (Å²) in [6.45, 7) is 9.33. The Balaban J connectivity index is 1.98. The molecule has 0 amide bonds. The van der Waals surface area contributed by atoms with Crippen molar-refractivity contribution in [3.8, 4) is 5.88 Å². The van der Waals surface area contributed by atoms with E-state index in [2.05, 4.69) is 17.2 Å². The smallest absolute Gasteiger partial charge is 0.239 e. The Morgan fingerprint density at radius 1 is 1.29 bits per heavy atom. The fraction of sp³-hybridized carbons (Fsp3) is 0.706. The standard InChI is InChI=1S/C17H29N3O/c1-12-7-5-6-8-13(12)11-19-15-10-9-14(18)16(20-15)21-17(2,3)4/h9-10,12-13H,5-8,11,18H2,1-4H3,(H,19,20). The lowest BCUT2D eigenvalue weighted by Crippen LogP contribution is -2.26. The van der Waals surface area contributed by atoms with Gasteiger partial charge in [0.2, 0.25) is 5.88 Å². The third-order valence-electron chi connectivity index (χ3n) is 4.13. The van der Waals surface area contributed by atoms with Crippen LogP contribution in [-0.2, 0) is 0 Å². The van der Waals surface area contributed by atoms with Crippen LogP contribution in [0.5, 0.6) is 5.88 Å². The molecule has 4 heteroatoms. The van der Waals surface area contributed by atoms with E-state index in [4.69, 9.17) is 10.5 Å². The Kier molecular flexibility index (Phi) is 4.96. The molecule has 0 spiro atoms. The molecule has 1 aliphatic rings. The summed E-state index contributed by atoms with van der Waals surface area (Å²) in [6.07, 6.45) is 5.39. The quantitative estimate of drug-likeness (QED) is 0.877. The Morgan fingerprint density at radius 3 is 2.67 bits per heavy atom. The lowest BCUT2D eigenvalue weighted by molar-refractivity contribution is 0.125. The second kappa shape index (κ2) is 6.54. The van der Waals surface area contributed by atoms with Crippen LogP contribution < -0.4 is 15.8 Å². The second-order valence-electron chi connectivity index (χ2n) is 7.21. The summed E-state index contributed by atoms with van der Waals surface area (Å²) < 4.78 is 5.81. The number of hydrogen-bond acceptors (Lipinski definition) is 4. The summed E-state index contributed by atoms with van der Waals surface area (Å²) >= 11 is 0. The van der Waals surface area contributed by atoms with Crippen LogP contribution in [0.25, 0.3) is 0 Å². The highest BCUT2D eigenvalue weighted by Gasteiger charge is 2.21. The summed E-state index contributed by atoms with van der Waals surface area (Å²) in [6, 6.07) is 3.79. The molecule has 1 heterocycles. The minimum atomic E-state index is -0.294. The first-order chi connectivity index (χ1) is 9.85. The first-order valence-electron chi connectivity index (χ1n) is 8.04. The van der Waals surface area contributed by atoms with Crippen LogP contribution in [-0.4, -0.2) is 17.1 Å². The second-order valence-corrected chi connectivity index (χ2v) is 7.21. The predicted octanol–water partition coefficient (Wildman–Crippen LogP) is 4.08. The minimum Gasteiger partial charge on any atom is -0.470 e. The van der Waals surface area contributed by atoms with Gasteiger partial charge in [0.15, 0.2) is 0 Å². The molecule has 0 bridgehead atoms. The minimum absolute atomic E-state index is 0.294. The summed E-state index contributed by atoms with van der Waals surface area (Å²) in [5.74, 6) is 2.90. The summed E-state index contributed by atoms with van der Waals surface area (Å²) in [7, 11) is 0. The van der Waals surface area contributed by atoms with Crippen molar-refractivity contribution in [1.29, 1.82) is 0 Å². The van der Waals surface area contributed by atoms with Gasteiger partial charge in [-0.1, -0.05) is 26.2 Å². The number of pyridine rings is 1. The van der Waals surface area contributed by atoms with Crippen molar-refractivity contribution in [2.45, 2.75) is 59.0 Å². The SMILES string of the molecule is CC1CCCCC1CNc1ccc(N)c(OC(C)(C)C)n1. The average molecular weight is 291 g/mol. The predicted molar refractivity (Wildman–Crippen MR) is 88.6 cm³/mol. The molecule has 1 aromatic rings. The Labute approximate surface area is 128 Å². The maximum atomic E-state index is 5.94. The number of anilines is 2. The third kappa shape index (κ3) is 4.80. The maximum absolute atomic E-state index is 5.94. The molecule has 2 atom stereocenters. The van der Waals surface area contributed by atoms with E-state index < -0.39 is 0 Å². The van der Waals surface area contributed by atoms with Crippen molar-refractivity contribution in [3.05, 3.63) is 12.1 Å². The van der Waals surface area contributed by atoms with Crippen molar-refractivity contribution < 1.29 is 4.74 Å². The Bertz CT molecular complexity index is 468. The molecule has 3 N–H and O–H groups in total. The van der Waals surface area contributed by atoms with Crippen LogP contribution in [0, 0.1) is 11.8 Å². The number of nitrogens with zero attached hydrogens (tertiary/aromatic N) is 1. The summed E-state index contributed by atoms with van der Waals surface area (Å²) in [5.41, 5.74) is 6.23. The third-order valence-corrected chi connectivity index (χ3v) is 4.13. The monoisotopic (exact) mass is 291 g/mol. The first kappa shape index (κ1) is 15.9. The summed E-state index contributed by atoms with van der Waals surface area (Å²) in [5, 5.41) is 3.45. The van der Waals surface area contributed by atoms with Crippen molar-refractivity contribution in [2.75, 3.05) is 17.6 Å². The van der Waals surface area contributed by atoms with Gasteiger partial charge in [-0.3, -0.25) is 0 Å². The average Bonchev–Trinajstić information content (AvgIpc) is 2.39. The zero-order valence-corrected chi connectivity index (χ0v) is 13.8. The topological polar surface area (TPSA) is 60.2 Å². The van der Waals surface area contributed by atoms with Crippen molar-refractivity contribution >= 4 is 11.5 Å². The molecule has 1 saturated carbocycles. The van der Waals surface area contributed by atoms with E-state index in [0.717, 1.165) is 24.2 Å². The molecule has 4 nitrogen and oxygen atoms in total. The molecule has 0 aromatic carbocycles. The van der Waals surface area contributed by atoms with Gasteiger partial charge < -0.3 is 15.8 Å². The molecule has 0 radical (unpaired) electrons. The number of rotatable bonds is 4. The van der Waals surface area contributed by atoms with E-state index in [0.29, 0.717) is 11.6 Å². The largest absolute Gasteiger partial charge is 0.470 e. The van der Waals surface area contributed by atoms with Gasteiger partial charge in [0.25, 0.3) is 0 Å². The molecule has 0 aliphatic heterocycles. The summed E-state index contributed by atoms with van der Waals surface area (Å²) in [4.78, 5) is 4.51. The number of nitrogens with one attached hydrogen (secondary N) is 1. The highest BCUT2D eigenvalue weighted by Crippen LogP contribution is 2.30. The van der Waals surface area contributed by atoms with Gasteiger partial charge in [-0.2, -0.15) is 4.98 Å². The van der Waals surface area contributed by atoms with Crippen molar-refractivity contribution in [1.82, 2.24) is 4.98 Å². The highest BCUT2D eigenvalue weighted by molar-refractivity contribution is 5.53. The number of aromatic nitrogens is 1. The molecule has 1 fully saturated rings. The fourth-order valence-electron chi connectivity index (χ4n) is 2.85. The lowest BCUT2D eigenvalue weighted by atomic mass is 9.80. The zero-order chi connectivity index (χ0) is 15.5. The Hall–Kier alpha value is -1.45. The van der Waals surface area contributed by atoms with Crippen LogP contribution in [0.2, 0.25) is 0 Å². The molecule has 0 saturated heterocycles. The fourth-order valence-corrected chi connectivity index (χ4v) is 2.85. The molecular formula is C17H29N3O. The van der Waals surface area contributed by atoms with Gasteiger partial charge in [-0.25, -0.2) is 0 Å². The molecule has 21 heavy (non-hydrogen) atoms. The van der Waals surface area contributed by atoms with Crippen molar-refractivity contribution in [3.63, 3.8) is 0 Å². The lowest BCUT2D eigenvalue weighted by Gasteiger charge is -2.29. The van der Waals surface area contributed by atoms with Gasteiger partial charge in [-0.05, 0) is 51.2 Å². The molecular weight excluding hydrogens is 262 g/mol. The first-order valence-corrected chi connectivity index (χ1v) is 8.04. The molecule has 1 aromatic heterocycles. The number of ether oxygens (including phenoxy) is 1. The van der Waals surface area contributed by atoms with Crippen LogP contribution in [0.4, 0.5) is 11.5 Å². The van der Waals surface area contributed by atoms with E-state index in [1.165, 1.54) is 25.7 Å². The van der Waals surface area contributed by atoms with Gasteiger partial charge in [0, 0.05) is 6.54 Å². The Morgan fingerprint density at radius 2 is 2.00 bits per heavy atom. The number of hydrogen-bond donors (Lipinski definition) is 2. The van der Waals surface area contributed by atoms with Crippen molar-refractivity contribution in [2.24, 2.45) is 11.8 Å². The number of nitrogen functional groups attached to an aromatic ring is 1. The molecule has 118 valence electrons. The molecule has 2 unspecified atom stereocenters. The van der Waals surface area contributed by atoms with Crippen LogP contribution in [0.1, 0.15) is 53.4 Å². The highest BCUT2D eigenvalue weighted by atomic mass is 16.5. The van der Waals surface area contributed by atoms with Gasteiger partial charge in [-0.15, -0.1) is 0 Å². The van der Waals surface area contributed by atoms with Gasteiger partial charge in [0.05, 0.1) is 5.69 Å². The maximum Gasteiger partial charge on any atom is 0.239 e. The van der Waals surface area contributed by atoms with Crippen LogP contribution in [0.3, 0.4) is 0 Å².